The summed E-state index contributed by atoms with van der Waals surface area (Å²) in [6.45, 7) is 0. The first kappa shape index (κ1) is 19.7. The zero-order valence-corrected chi connectivity index (χ0v) is 16.2. The third-order valence-electron chi connectivity index (χ3n) is 3.73. The van der Waals surface area contributed by atoms with Crippen LogP contribution in [0.1, 0.15) is 10.4 Å². The molecule has 0 fully saturated rings. The molecule has 6 nitrogen and oxygen atoms in total. The Hall–Kier alpha value is -3.03. The maximum atomic E-state index is 12.7. The molecule has 0 saturated heterocycles. The fourth-order valence-corrected chi connectivity index (χ4v) is 3.76. The van der Waals surface area contributed by atoms with Crippen LogP contribution in [0.2, 0.25) is 5.02 Å². The Bertz CT molecular complexity index is 1040. The van der Waals surface area contributed by atoms with Gasteiger partial charge in [-0.15, -0.1) is 0 Å². The van der Waals surface area contributed by atoms with Gasteiger partial charge in [0.1, 0.15) is 4.90 Å². The van der Waals surface area contributed by atoms with Gasteiger partial charge in [0.05, 0.1) is 22.6 Å². The van der Waals surface area contributed by atoms with Crippen molar-refractivity contribution in [1.82, 2.24) is 0 Å². The zero-order valence-electron chi connectivity index (χ0n) is 14.6. The lowest BCUT2D eigenvalue weighted by molar-refractivity contribution is -0.387. The second kappa shape index (κ2) is 8.77. The molecule has 0 N–H and O–H groups in total. The molecule has 0 aliphatic carbocycles. The lowest BCUT2D eigenvalue weighted by Crippen LogP contribution is -2.10. The normalized spacial score (nSPS) is 10.4. The van der Waals surface area contributed by atoms with E-state index >= 15 is 0 Å². The second-order valence-corrected chi connectivity index (χ2v) is 6.94. The van der Waals surface area contributed by atoms with E-state index in [9.17, 15) is 14.9 Å². The quantitative estimate of drug-likeness (QED) is 0.225. The predicted molar refractivity (Wildman–Crippen MR) is 107 cm³/mol. The summed E-state index contributed by atoms with van der Waals surface area (Å²) in [4.78, 5) is 24.3. The Balaban J connectivity index is 1.95. The third-order valence-corrected chi connectivity index (χ3v) is 5.37. The van der Waals surface area contributed by atoms with Crippen molar-refractivity contribution in [2.75, 3.05) is 7.11 Å². The zero-order chi connectivity index (χ0) is 20.1. The Labute approximate surface area is 170 Å². The molecule has 3 rings (SSSR count). The number of para-hydroxylation sites is 2. The van der Waals surface area contributed by atoms with E-state index in [-0.39, 0.29) is 26.9 Å². The average molecular weight is 416 g/mol. The van der Waals surface area contributed by atoms with E-state index in [4.69, 9.17) is 21.1 Å². The third kappa shape index (κ3) is 4.27. The molecule has 0 aliphatic rings. The molecule has 8 heteroatoms. The molecule has 0 saturated carbocycles. The summed E-state index contributed by atoms with van der Waals surface area (Å²) < 4.78 is 10.7. The summed E-state index contributed by atoms with van der Waals surface area (Å²) in [7, 11) is 1.48. The van der Waals surface area contributed by atoms with Gasteiger partial charge >= 0.3 is 5.97 Å². The topological polar surface area (TPSA) is 78.7 Å². The lowest BCUT2D eigenvalue weighted by atomic mass is 10.2. The van der Waals surface area contributed by atoms with Crippen LogP contribution in [0.15, 0.2) is 76.5 Å². The minimum absolute atomic E-state index is 0.134. The Morgan fingerprint density at radius 1 is 1.00 bits per heavy atom. The highest BCUT2D eigenvalue weighted by molar-refractivity contribution is 7.99. The first-order valence-electron chi connectivity index (χ1n) is 8.06. The molecule has 0 heterocycles. The summed E-state index contributed by atoms with van der Waals surface area (Å²) in [5, 5.41) is 11.6. The SMILES string of the molecule is COc1ccccc1OC(=O)c1ccccc1Sc1c(Cl)cccc1[N+](=O)[O-]. The average Bonchev–Trinajstić information content (AvgIpc) is 2.70. The van der Waals surface area contributed by atoms with Gasteiger partial charge in [0.25, 0.3) is 5.69 Å². The second-order valence-electron chi connectivity index (χ2n) is 5.48. The van der Waals surface area contributed by atoms with Crippen molar-refractivity contribution in [3.05, 3.63) is 87.4 Å². The Kier molecular flexibility index (Phi) is 6.18. The minimum Gasteiger partial charge on any atom is -0.493 e. The summed E-state index contributed by atoms with van der Waals surface area (Å²) >= 11 is 7.21. The van der Waals surface area contributed by atoms with E-state index in [1.165, 1.54) is 19.2 Å². The van der Waals surface area contributed by atoms with Crippen molar-refractivity contribution < 1.29 is 19.2 Å². The highest BCUT2D eigenvalue weighted by atomic mass is 35.5. The number of nitro benzene ring substituents is 1. The van der Waals surface area contributed by atoms with Crippen LogP contribution in [0.5, 0.6) is 11.5 Å². The van der Waals surface area contributed by atoms with Crippen molar-refractivity contribution in [2.45, 2.75) is 9.79 Å². The predicted octanol–water partition coefficient (Wildman–Crippen LogP) is 5.63. The first-order valence-corrected chi connectivity index (χ1v) is 9.25. The number of carbonyl (C=O) groups excluding carboxylic acids is 1. The molecule has 142 valence electrons. The molecule has 3 aromatic rings. The molecule has 0 atom stereocenters. The number of benzene rings is 3. The minimum atomic E-state index is -0.609. The van der Waals surface area contributed by atoms with Gasteiger partial charge in [0.2, 0.25) is 0 Å². The number of esters is 1. The van der Waals surface area contributed by atoms with Crippen LogP contribution in [0.4, 0.5) is 5.69 Å². The van der Waals surface area contributed by atoms with E-state index in [1.807, 2.05) is 0 Å². The van der Waals surface area contributed by atoms with E-state index in [1.54, 1.807) is 54.6 Å². The molecule has 0 radical (unpaired) electrons. The van der Waals surface area contributed by atoms with Crippen LogP contribution in [-0.4, -0.2) is 18.0 Å². The van der Waals surface area contributed by atoms with Crippen LogP contribution in [0.3, 0.4) is 0 Å². The smallest absolute Gasteiger partial charge is 0.344 e. The standard InChI is InChI=1S/C20H14ClNO5S/c1-26-16-10-3-4-11-17(16)27-20(23)13-7-2-5-12-18(13)28-19-14(21)8-6-9-15(19)22(24)25/h2-12H,1H3. The van der Waals surface area contributed by atoms with Crippen LogP contribution in [-0.2, 0) is 0 Å². The van der Waals surface area contributed by atoms with Crippen LogP contribution < -0.4 is 9.47 Å². The van der Waals surface area contributed by atoms with E-state index in [0.717, 1.165) is 11.8 Å². The summed E-state index contributed by atoms with van der Waals surface area (Å²) in [5.41, 5.74) is 0.123. The van der Waals surface area contributed by atoms with Crippen molar-refractivity contribution in [2.24, 2.45) is 0 Å². The van der Waals surface area contributed by atoms with E-state index < -0.39 is 10.9 Å². The van der Waals surface area contributed by atoms with Crippen molar-refractivity contribution in [3.8, 4) is 11.5 Å². The van der Waals surface area contributed by atoms with Gasteiger partial charge in [-0.2, -0.15) is 0 Å². The number of nitro groups is 1. The summed E-state index contributed by atoms with van der Waals surface area (Å²) in [6.07, 6.45) is 0. The molecule has 3 aromatic carbocycles. The first-order chi connectivity index (χ1) is 13.5. The molecule has 28 heavy (non-hydrogen) atoms. The Morgan fingerprint density at radius 2 is 1.68 bits per heavy atom. The van der Waals surface area contributed by atoms with Crippen molar-refractivity contribution >= 4 is 35.0 Å². The fraction of sp³-hybridized carbons (Fsp3) is 0.0500. The molecule has 0 aliphatic heterocycles. The number of halogens is 1. The fourth-order valence-electron chi connectivity index (χ4n) is 2.43. The molecule has 0 aromatic heterocycles. The molecule has 0 bridgehead atoms. The Morgan fingerprint density at radius 3 is 2.39 bits per heavy atom. The molecule has 0 unspecified atom stereocenters. The van der Waals surface area contributed by atoms with Gasteiger partial charge in [0, 0.05) is 11.0 Å². The number of ether oxygens (including phenoxy) is 2. The van der Waals surface area contributed by atoms with Gasteiger partial charge in [-0.1, -0.05) is 53.7 Å². The van der Waals surface area contributed by atoms with E-state index in [2.05, 4.69) is 0 Å². The molecular weight excluding hydrogens is 402 g/mol. The van der Waals surface area contributed by atoms with E-state index in [0.29, 0.717) is 10.6 Å². The number of rotatable bonds is 6. The summed E-state index contributed by atoms with van der Waals surface area (Å²) in [5.74, 6) is 0.0866. The molecule has 0 amide bonds. The number of nitrogens with zero attached hydrogens (tertiary/aromatic N) is 1. The van der Waals surface area contributed by atoms with Crippen LogP contribution >= 0.6 is 23.4 Å². The van der Waals surface area contributed by atoms with Crippen molar-refractivity contribution in [3.63, 3.8) is 0 Å². The monoisotopic (exact) mass is 415 g/mol. The maximum Gasteiger partial charge on any atom is 0.344 e. The highest BCUT2D eigenvalue weighted by Gasteiger charge is 2.22. The molecular formula is C20H14ClNO5S. The summed E-state index contributed by atoms with van der Waals surface area (Å²) in [6, 6.07) is 17.9. The van der Waals surface area contributed by atoms with Gasteiger partial charge in [-0.05, 0) is 30.3 Å². The number of hydrogen-bond acceptors (Lipinski definition) is 6. The van der Waals surface area contributed by atoms with Gasteiger partial charge in [-0.25, -0.2) is 4.79 Å². The number of methoxy groups -OCH3 is 1. The van der Waals surface area contributed by atoms with Gasteiger partial charge in [-0.3, -0.25) is 10.1 Å². The van der Waals surface area contributed by atoms with Crippen molar-refractivity contribution in [1.29, 1.82) is 0 Å². The van der Waals surface area contributed by atoms with Crippen LogP contribution in [0.25, 0.3) is 0 Å². The van der Waals surface area contributed by atoms with Gasteiger partial charge < -0.3 is 9.47 Å². The molecule has 0 spiro atoms. The highest BCUT2D eigenvalue weighted by Crippen LogP contribution is 2.41. The maximum absolute atomic E-state index is 12.7. The number of hydrogen-bond donors (Lipinski definition) is 0. The largest absolute Gasteiger partial charge is 0.493 e. The lowest BCUT2D eigenvalue weighted by Gasteiger charge is -2.12. The van der Waals surface area contributed by atoms with Crippen LogP contribution in [0, 0.1) is 10.1 Å². The van der Waals surface area contributed by atoms with Gasteiger partial charge in [0.15, 0.2) is 11.5 Å². The number of carbonyl (C=O) groups is 1.